The fourth-order valence-corrected chi connectivity index (χ4v) is 2.91. The lowest BCUT2D eigenvalue weighted by atomic mass is 9.69. The van der Waals surface area contributed by atoms with Crippen LogP contribution in [0.5, 0.6) is 0 Å². The molecule has 1 fully saturated rings. The maximum Gasteiger partial charge on any atom is 0.00966 e. The molecule has 2 rings (SSSR count). The van der Waals surface area contributed by atoms with Crippen molar-refractivity contribution in [3.8, 4) is 0 Å². The zero-order valence-electron chi connectivity index (χ0n) is 12.5. The van der Waals surface area contributed by atoms with Gasteiger partial charge in [0.25, 0.3) is 0 Å². The van der Waals surface area contributed by atoms with Crippen LogP contribution in [-0.2, 0) is 0 Å². The van der Waals surface area contributed by atoms with E-state index in [-0.39, 0.29) is 5.54 Å². The Kier molecular flexibility index (Phi) is 3.82. The van der Waals surface area contributed by atoms with E-state index in [9.17, 15) is 0 Å². The highest BCUT2D eigenvalue weighted by Crippen LogP contribution is 2.42. The van der Waals surface area contributed by atoms with Crippen LogP contribution < -0.4 is 5.32 Å². The molecule has 1 aromatic rings. The summed E-state index contributed by atoms with van der Waals surface area (Å²) in [6, 6.07) is 7.02. The van der Waals surface area contributed by atoms with E-state index in [4.69, 9.17) is 0 Å². The SMILES string of the molecule is Cc1cc(C)cc(C2CCC2CNC(C)(C)C)c1. The first kappa shape index (κ1) is 13.6. The van der Waals surface area contributed by atoms with E-state index in [1.165, 1.54) is 24.0 Å². The second-order valence-electron chi connectivity index (χ2n) is 7.00. The Morgan fingerprint density at radius 1 is 1.06 bits per heavy atom. The van der Waals surface area contributed by atoms with Crippen LogP contribution in [0.2, 0.25) is 0 Å². The first-order valence-corrected chi connectivity index (χ1v) is 7.18. The summed E-state index contributed by atoms with van der Waals surface area (Å²) in [7, 11) is 0. The van der Waals surface area contributed by atoms with Crippen LogP contribution in [0.3, 0.4) is 0 Å². The number of nitrogens with one attached hydrogen (secondary N) is 1. The van der Waals surface area contributed by atoms with E-state index in [2.05, 4.69) is 58.1 Å². The molecule has 100 valence electrons. The molecule has 0 aliphatic heterocycles. The highest BCUT2D eigenvalue weighted by molar-refractivity contribution is 5.32. The van der Waals surface area contributed by atoms with E-state index in [1.807, 2.05) is 0 Å². The molecule has 0 aromatic heterocycles. The van der Waals surface area contributed by atoms with E-state index in [1.54, 1.807) is 5.56 Å². The lowest BCUT2D eigenvalue weighted by Crippen LogP contribution is -2.43. The van der Waals surface area contributed by atoms with Crippen molar-refractivity contribution in [2.45, 2.75) is 58.9 Å². The molecule has 1 aromatic carbocycles. The van der Waals surface area contributed by atoms with Gasteiger partial charge in [0, 0.05) is 5.54 Å². The molecule has 1 heteroatoms. The summed E-state index contributed by atoms with van der Waals surface area (Å²) in [5.41, 5.74) is 4.60. The van der Waals surface area contributed by atoms with Gasteiger partial charge in [0.15, 0.2) is 0 Å². The van der Waals surface area contributed by atoms with E-state index >= 15 is 0 Å². The smallest absolute Gasteiger partial charge is 0.00966 e. The topological polar surface area (TPSA) is 12.0 Å². The van der Waals surface area contributed by atoms with Crippen molar-refractivity contribution in [2.75, 3.05) is 6.54 Å². The molecule has 1 N–H and O–H groups in total. The van der Waals surface area contributed by atoms with Gasteiger partial charge in [-0.2, -0.15) is 0 Å². The Balaban J connectivity index is 2.01. The summed E-state index contributed by atoms with van der Waals surface area (Å²) in [4.78, 5) is 0. The van der Waals surface area contributed by atoms with Crippen LogP contribution in [-0.4, -0.2) is 12.1 Å². The number of hydrogen-bond acceptors (Lipinski definition) is 1. The van der Waals surface area contributed by atoms with Gasteiger partial charge in [0.1, 0.15) is 0 Å². The molecule has 1 nitrogen and oxygen atoms in total. The highest BCUT2D eigenvalue weighted by Gasteiger charge is 2.32. The Labute approximate surface area is 112 Å². The standard InChI is InChI=1S/C17H27N/c1-12-8-13(2)10-15(9-12)16-7-6-14(16)11-18-17(3,4)5/h8-10,14,16,18H,6-7,11H2,1-5H3. The van der Waals surface area contributed by atoms with Crippen LogP contribution in [0, 0.1) is 19.8 Å². The Bertz CT molecular complexity index is 394. The van der Waals surface area contributed by atoms with Crippen molar-refractivity contribution in [1.82, 2.24) is 5.32 Å². The van der Waals surface area contributed by atoms with Crippen LogP contribution in [0.15, 0.2) is 18.2 Å². The monoisotopic (exact) mass is 245 g/mol. The fourth-order valence-electron chi connectivity index (χ4n) is 2.91. The molecular weight excluding hydrogens is 218 g/mol. The molecule has 1 aliphatic rings. The number of benzene rings is 1. The van der Waals surface area contributed by atoms with Gasteiger partial charge >= 0.3 is 0 Å². The van der Waals surface area contributed by atoms with Crippen molar-refractivity contribution in [1.29, 1.82) is 0 Å². The Morgan fingerprint density at radius 2 is 1.67 bits per heavy atom. The van der Waals surface area contributed by atoms with Crippen molar-refractivity contribution in [2.24, 2.45) is 5.92 Å². The first-order valence-electron chi connectivity index (χ1n) is 7.18. The zero-order chi connectivity index (χ0) is 13.3. The maximum absolute atomic E-state index is 3.65. The summed E-state index contributed by atoms with van der Waals surface area (Å²) in [5, 5.41) is 3.65. The fraction of sp³-hybridized carbons (Fsp3) is 0.647. The summed E-state index contributed by atoms with van der Waals surface area (Å²) in [6.07, 6.45) is 2.74. The van der Waals surface area contributed by atoms with Crippen LogP contribution in [0.25, 0.3) is 0 Å². The second kappa shape index (κ2) is 5.05. The molecule has 0 bridgehead atoms. The van der Waals surface area contributed by atoms with Gasteiger partial charge in [-0.15, -0.1) is 0 Å². The third kappa shape index (κ3) is 3.35. The van der Waals surface area contributed by atoms with Gasteiger partial charge in [-0.3, -0.25) is 0 Å². The molecule has 2 unspecified atom stereocenters. The molecule has 18 heavy (non-hydrogen) atoms. The minimum Gasteiger partial charge on any atom is -0.312 e. The second-order valence-corrected chi connectivity index (χ2v) is 7.00. The number of rotatable bonds is 3. The minimum absolute atomic E-state index is 0.239. The van der Waals surface area contributed by atoms with E-state index < -0.39 is 0 Å². The Morgan fingerprint density at radius 3 is 2.11 bits per heavy atom. The summed E-state index contributed by atoms with van der Waals surface area (Å²) < 4.78 is 0. The zero-order valence-corrected chi connectivity index (χ0v) is 12.5. The van der Waals surface area contributed by atoms with E-state index in [0.29, 0.717) is 0 Å². The molecule has 0 amide bonds. The first-order chi connectivity index (χ1) is 8.35. The molecule has 1 aliphatic carbocycles. The average Bonchev–Trinajstić information content (AvgIpc) is 2.11. The highest BCUT2D eigenvalue weighted by atomic mass is 14.9. The van der Waals surface area contributed by atoms with E-state index in [0.717, 1.165) is 18.4 Å². The summed E-state index contributed by atoms with van der Waals surface area (Å²) in [5.74, 6) is 1.60. The van der Waals surface area contributed by atoms with Gasteiger partial charge in [0.05, 0.1) is 0 Å². The minimum atomic E-state index is 0.239. The number of aryl methyl sites for hydroxylation is 2. The quantitative estimate of drug-likeness (QED) is 0.842. The number of hydrogen-bond donors (Lipinski definition) is 1. The molecule has 2 atom stereocenters. The van der Waals surface area contributed by atoms with Crippen molar-refractivity contribution < 1.29 is 0 Å². The molecule has 0 radical (unpaired) electrons. The van der Waals surface area contributed by atoms with Crippen molar-refractivity contribution >= 4 is 0 Å². The third-order valence-corrected chi connectivity index (χ3v) is 3.98. The molecule has 0 spiro atoms. The van der Waals surface area contributed by atoms with Crippen molar-refractivity contribution in [3.05, 3.63) is 34.9 Å². The molecule has 1 saturated carbocycles. The summed E-state index contributed by atoms with van der Waals surface area (Å²) in [6.45, 7) is 12.3. The summed E-state index contributed by atoms with van der Waals surface area (Å²) >= 11 is 0. The largest absolute Gasteiger partial charge is 0.312 e. The molecular formula is C17H27N. The Hall–Kier alpha value is -0.820. The van der Waals surface area contributed by atoms with Crippen molar-refractivity contribution in [3.63, 3.8) is 0 Å². The van der Waals surface area contributed by atoms with Crippen LogP contribution in [0.1, 0.15) is 56.2 Å². The molecule has 0 saturated heterocycles. The van der Waals surface area contributed by atoms with Gasteiger partial charge in [-0.25, -0.2) is 0 Å². The molecule has 0 heterocycles. The normalized spacial score (nSPS) is 23.8. The van der Waals surface area contributed by atoms with Gasteiger partial charge in [0.2, 0.25) is 0 Å². The lowest BCUT2D eigenvalue weighted by molar-refractivity contribution is 0.225. The van der Waals surface area contributed by atoms with Crippen LogP contribution >= 0.6 is 0 Å². The lowest BCUT2D eigenvalue weighted by Gasteiger charge is -2.39. The average molecular weight is 245 g/mol. The van der Waals surface area contributed by atoms with Gasteiger partial charge in [-0.05, 0) is 71.4 Å². The third-order valence-electron chi connectivity index (χ3n) is 3.98. The van der Waals surface area contributed by atoms with Gasteiger partial charge < -0.3 is 5.32 Å². The maximum atomic E-state index is 3.65. The predicted molar refractivity (Wildman–Crippen MR) is 79.1 cm³/mol. The van der Waals surface area contributed by atoms with Gasteiger partial charge in [-0.1, -0.05) is 29.3 Å². The predicted octanol–water partition coefficient (Wildman–Crippen LogP) is 4.19. The van der Waals surface area contributed by atoms with Crippen LogP contribution in [0.4, 0.5) is 0 Å².